The largest absolute Gasteiger partial charge is 0.382 e. The number of benzene rings is 1. The fourth-order valence-corrected chi connectivity index (χ4v) is 3.00. The molecule has 3 aromatic heterocycles. The molecule has 0 spiro atoms. The van der Waals surface area contributed by atoms with E-state index in [9.17, 15) is 5.11 Å². The number of halogens is 2. The second-order valence-electron chi connectivity index (χ2n) is 5.07. The predicted octanol–water partition coefficient (Wildman–Crippen LogP) is 3.67. The lowest BCUT2D eigenvalue weighted by Gasteiger charge is -2.13. The van der Waals surface area contributed by atoms with Crippen LogP contribution in [-0.4, -0.2) is 24.7 Å². The van der Waals surface area contributed by atoms with Crippen molar-refractivity contribution < 1.29 is 5.11 Å². The van der Waals surface area contributed by atoms with Crippen LogP contribution >= 0.6 is 23.2 Å². The summed E-state index contributed by atoms with van der Waals surface area (Å²) in [5, 5.41) is 16.7. The van der Waals surface area contributed by atoms with Gasteiger partial charge in [-0.3, -0.25) is 4.98 Å². The van der Waals surface area contributed by atoms with Crippen LogP contribution in [0.1, 0.15) is 17.4 Å². The fraction of sp³-hybridized carbons (Fsp3) is 0.0625. The smallest absolute Gasteiger partial charge is 0.172 e. The maximum atomic E-state index is 10.8. The molecule has 23 heavy (non-hydrogen) atoms. The molecule has 1 unspecified atom stereocenters. The van der Waals surface area contributed by atoms with Gasteiger partial charge in [-0.25, -0.2) is 9.50 Å². The van der Waals surface area contributed by atoms with Gasteiger partial charge in [0, 0.05) is 28.4 Å². The van der Waals surface area contributed by atoms with E-state index in [1.807, 2.05) is 18.2 Å². The van der Waals surface area contributed by atoms with Crippen LogP contribution < -0.4 is 0 Å². The van der Waals surface area contributed by atoms with Crippen molar-refractivity contribution >= 4 is 39.8 Å². The number of aliphatic hydroxyl groups is 1. The van der Waals surface area contributed by atoms with Gasteiger partial charge < -0.3 is 5.11 Å². The van der Waals surface area contributed by atoms with Crippen LogP contribution in [0, 0.1) is 0 Å². The number of aromatic nitrogens is 4. The molecule has 3 heterocycles. The molecule has 4 aromatic rings. The Morgan fingerprint density at radius 2 is 1.91 bits per heavy atom. The van der Waals surface area contributed by atoms with E-state index < -0.39 is 6.10 Å². The first kappa shape index (κ1) is 14.4. The lowest BCUT2D eigenvalue weighted by molar-refractivity contribution is 0.213. The quantitative estimate of drug-likeness (QED) is 0.602. The van der Waals surface area contributed by atoms with Crippen LogP contribution in [0.15, 0.2) is 48.9 Å². The number of pyridine rings is 1. The van der Waals surface area contributed by atoms with Gasteiger partial charge in [0.05, 0.1) is 22.4 Å². The van der Waals surface area contributed by atoms with Crippen LogP contribution in [-0.2, 0) is 0 Å². The maximum Gasteiger partial charge on any atom is 0.172 e. The van der Waals surface area contributed by atoms with Gasteiger partial charge in [-0.05, 0) is 24.3 Å². The minimum atomic E-state index is -0.979. The molecule has 0 aliphatic carbocycles. The summed E-state index contributed by atoms with van der Waals surface area (Å²) < 4.78 is 1.51. The summed E-state index contributed by atoms with van der Waals surface area (Å²) in [5.74, 6) is 0. The normalized spacial score (nSPS) is 12.8. The van der Waals surface area contributed by atoms with E-state index in [0.29, 0.717) is 26.9 Å². The Labute approximate surface area is 141 Å². The maximum absolute atomic E-state index is 10.8. The molecule has 7 heteroatoms. The topological polar surface area (TPSA) is 63.3 Å². The van der Waals surface area contributed by atoms with Crippen LogP contribution in [0.4, 0.5) is 0 Å². The summed E-state index contributed by atoms with van der Waals surface area (Å²) in [6, 6.07) is 8.95. The number of imidazole rings is 1. The third-order valence-corrected chi connectivity index (χ3v) is 4.30. The summed E-state index contributed by atoms with van der Waals surface area (Å²) in [6.07, 6.45) is 3.82. The van der Waals surface area contributed by atoms with Gasteiger partial charge in [-0.2, -0.15) is 5.10 Å². The second-order valence-corrected chi connectivity index (χ2v) is 5.88. The zero-order valence-electron chi connectivity index (χ0n) is 11.7. The molecule has 4 rings (SSSR count). The minimum Gasteiger partial charge on any atom is -0.382 e. The second kappa shape index (κ2) is 5.45. The Bertz CT molecular complexity index is 1030. The molecule has 114 valence electrons. The van der Waals surface area contributed by atoms with Gasteiger partial charge in [0.25, 0.3) is 0 Å². The summed E-state index contributed by atoms with van der Waals surface area (Å²) in [4.78, 5) is 8.46. The van der Waals surface area contributed by atoms with Gasteiger partial charge in [0.15, 0.2) is 5.65 Å². The van der Waals surface area contributed by atoms with E-state index in [-0.39, 0.29) is 0 Å². The first-order chi connectivity index (χ1) is 11.1. The molecule has 0 radical (unpaired) electrons. The molecule has 1 atom stereocenters. The summed E-state index contributed by atoms with van der Waals surface area (Å²) in [7, 11) is 0. The average molecular weight is 345 g/mol. The van der Waals surface area contributed by atoms with Crippen LogP contribution in [0.25, 0.3) is 16.6 Å². The first-order valence-corrected chi connectivity index (χ1v) is 7.61. The van der Waals surface area contributed by atoms with Gasteiger partial charge in [-0.15, -0.1) is 0 Å². The molecule has 1 aromatic carbocycles. The molecule has 0 amide bonds. The van der Waals surface area contributed by atoms with Crippen molar-refractivity contribution in [3.63, 3.8) is 0 Å². The van der Waals surface area contributed by atoms with E-state index in [1.54, 1.807) is 30.7 Å². The van der Waals surface area contributed by atoms with Crippen LogP contribution in [0.5, 0.6) is 0 Å². The Morgan fingerprint density at radius 3 is 2.78 bits per heavy atom. The molecule has 0 aliphatic heterocycles. The Hall–Kier alpha value is -2.21. The van der Waals surface area contributed by atoms with Gasteiger partial charge in [0.1, 0.15) is 6.10 Å². The number of aliphatic hydroxyl groups excluding tert-OH is 1. The number of rotatable bonds is 2. The zero-order valence-corrected chi connectivity index (χ0v) is 13.2. The van der Waals surface area contributed by atoms with E-state index in [0.717, 1.165) is 10.9 Å². The van der Waals surface area contributed by atoms with Crippen molar-refractivity contribution in [1.82, 2.24) is 19.6 Å². The predicted molar refractivity (Wildman–Crippen MR) is 88.8 cm³/mol. The molecule has 0 bridgehead atoms. The number of nitrogens with zero attached hydrogens (tertiary/aromatic N) is 4. The Kier molecular flexibility index (Phi) is 3.41. The highest BCUT2D eigenvalue weighted by atomic mass is 35.5. The van der Waals surface area contributed by atoms with Crippen molar-refractivity contribution in [3.05, 3.63) is 70.2 Å². The summed E-state index contributed by atoms with van der Waals surface area (Å²) in [6.45, 7) is 0. The number of fused-ring (bicyclic) bond motifs is 2. The average Bonchev–Trinajstić information content (AvgIpc) is 2.99. The van der Waals surface area contributed by atoms with Crippen molar-refractivity contribution in [2.75, 3.05) is 0 Å². The zero-order chi connectivity index (χ0) is 16.0. The van der Waals surface area contributed by atoms with Gasteiger partial charge in [-0.1, -0.05) is 29.3 Å². The standard InChI is InChI=1S/C16H10Cl2N4O/c17-11-3-5-21-22-14(8-20-16(11)22)15(23)10-6-9-2-1-4-19-13(9)7-12(10)18/h1-8,15,23H. The van der Waals surface area contributed by atoms with E-state index in [2.05, 4.69) is 15.1 Å². The molecule has 0 fully saturated rings. The lowest BCUT2D eigenvalue weighted by Crippen LogP contribution is -2.06. The molecular weight excluding hydrogens is 335 g/mol. The molecule has 5 nitrogen and oxygen atoms in total. The monoisotopic (exact) mass is 344 g/mol. The minimum absolute atomic E-state index is 0.431. The SMILES string of the molecule is OC(c1cc2cccnc2cc1Cl)c1cnc2c(Cl)ccnn12. The first-order valence-electron chi connectivity index (χ1n) is 6.85. The summed E-state index contributed by atoms with van der Waals surface area (Å²) in [5.41, 5.74) is 2.32. The van der Waals surface area contributed by atoms with E-state index in [4.69, 9.17) is 23.2 Å². The highest BCUT2D eigenvalue weighted by Gasteiger charge is 2.20. The molecule has 1 N–H and O–H groups in total. The van der Waals surface area contributed by atoms with Gasteiger partial charge >= 0.3 is 0 Å². The van der Waals surface area contributed by atoms with Crippen molar-refractivity contribution in [2.24, 2.45) is 0 Å². The van der Waals surface area contributed by atoms with Gasteiger partial charge in [0.2, 0.25) is 0 Å². The molecule has 0 aliphatic rings. The fourth-order valence-electron chi connectivity index (χ4n) is 2.55. The van der Waals surface area contributed by atoms with Crippen molar-refractivity contribution in [1.29, 1.82) is 0 Å². The Morgan fingerprint density at radius 1 is 1.04 bits per heavy atom. The summed E-state index contributed by atoms with van der Waals surface area (Å²) >= 11 is 12.4. The van der Waals surface area contributed by atoms with E-state index >= 15 is 0 Å². The lowest BCUT2D eigenvalue weighted by atomic mass is 10.0. The highest BCUT2D eigenvalue weighted by Crippen LogP contribution is 2.32. The number of hydrogen-bond donors (Lipinski definition) is 1. The third kappa shape index (κ3) is 2.34. The molecule has 0 saturated heterocycles. The van der Waals surface area contributed by atoms with Crippen molar-refractivity contribution in [3.8, 4) is 0 Å². The van der Waals surface area contributed by atoms with Crippen LogP contribution in [0.2, 0.25) is 10.0 Å². The number of hydrogen-bond acceptors (Lipinski definition) is 4. The Balaban J connectivity index is 1.89. The van der Waals surface area contributed by atoms with E-state index in [1.165, 1.54) is 4.52 Å². The molecule has 0 saturated carbocycles. The third-order valence-electron chi connectivity index (χ3n) is 3.68. The molecular formula is C16H10Cl2N4O. The highest BCUT2D eigenvalue weighted by molar-refractivity contribution is 6.33. The van der Waals surface area contributed by atoms with Crippen LogP contribution in [0.3, 0.4) is 0 Å². The van der Waals surface area contributed by atoms with Crippen molar-refractivity contribution in [2.45, 2.75) is 6.10 Å².